The average molecular weight is 494 g/mol. The van der Waals surface area contributed by atoms with Gasteiger partial charge in [0, 0.05) is 10.6 Å². The Bertz CT molecular complexity index is 1140. The molecule has 0 radical (unpaired) electrons. The van der Waals surface area contributed by atoms with Crippen LogP contribution < -0.4 is 20.2 Å². The van der Waals surface area contributed by atoms with Gasteiger partial charge in [-0.3, -0.25) is 9.59 Å². The summed E-state index contributed by atoms with van der Waals surface area (Å²) in [6, 6.07) is 20.7. The lowest BCUT2D eigenvalue weighted by atomic mass is 10.0. The number of rotatable bonds is 10. The van der Waals surface area contributed by atoms with Gasteiger partial charge in [0.15, 0.2) is 0 Å². The fourth-order valence-corrected chi connectivity index (χ4v) is 3.27. The summed E-state index contributed by atoms with van der Waals surface area (Å²) < 4.78 is 10.9. The third-order valence-electron chi connectivity index (χ3n) is 5.18. The summed E-state index contributed by atoms with van der Waals surface area (Å²) in [5.74, 6) is 0.475. The molecule has 0 aliphatic carbocycles. The first-order valence-corrected chi connectivity index (χ1v) is 11.5. The van der Waals surface area contributed by atoms with Crippen LogP contribution in [0.15, 0.2) is 77.9 Å². The van der Waals surface area contributed by atoms with Crippen LogP contribution in [0.2, 0.25) is 5.02 Å². The van der Waals surface area contributed by atoms with Gasteiger partial charge in [-0.1, -0.05) is 37.6 Å². The molecule has 3 rings (SSSR count). The molecule has 3 aromatic rings. The highest BCUT2D eigenvalue weighted by Gasteiger charge is 2.24. The quantitative estimate of drug-likeness (QED) is 0.312. The molecular weight excluding hydrogens is 466 g/mol. The summed E-state index contributed by atoms with van der Waals surface area (Å²) in [6.45, 7) is 4.13. The summed E-state index contributed by atoms with van der Waals surface area (Å²) in [6.07, 6.45) is 1.53. The van der Waals surface area contributed by atoms with Crippen molar-refractivity contribution in [1.82, 2.24) is 10.7 Å². The van der Waals surface area contributed by atoms with E-state index in [4.69, 9.17) is 21.1 Å². The Hall–Kier alpha value is -3.84. The predicted octanol–water partition coefficient (Wildman–Crippen LogP) is 4.83. The number of hydrogen-bond donors (Lipinski definition) is 2. The van der Waals surface area contributed by atoms with Crippen molar-refractivity contribution >= 4 is 29.6 Å². The van der Waals surface area contributed by atoms with Crippen molar-refractivity contribution in [3.63, 3.8) is 0 Å². The van der Waals surface area contributed by atoms with Gasteiger partial charge < -0.3 is 14.8 Å². The number of amides is 2. The van der Waals surface area contributed by atoms with Crippen molar-refractivity contribution in [2.24, 2.45) is 11.0 Å². The van der Waals surface area contributed by atoms with Crippen molar-refractivity contribution in [1.29, 1.82) is 0 Å². The summed E-state index contributed by atoms with van der Waals surface area (Å²) in [7, 11) is 1.56. The molecule has 0 aliphatic rings. The molecule has 0 bridgehead atoms. The van der Waals surface area contributed by atoms with Crippen LogP contribution >= 0.6 is 11.6 Å². The van der Waals surface area contributed by atoms with E-state index in [1.165, 1.54) is 6.21 Å². The van der Waals surface area contributed by atoms with E-state index in [0.717, 1.165) is 11.1 Å². The number of hydrazone groups is 1. The number of halogens is 1. The molecule has 0 saturated carbocycles. The molecular formula is C27H28ClN3O4. The summed E-state index contributed by atoms with van der Waals surface area (Å²) in [5, 5.41) is 7.48. The van der Waals surface area contributed by atoms with Crippen molar-refractivity contribution in [3.05, 3.63) is 94.5 Å². The van der Waals surface area contributed by atoms with Crippen LogP contribution in [0.5, 0.6) is 11.5 Å². The number of hydrogen-bond acceptors (Lipinski definition) is 5. The van der Waals surface area contributed by atoms with E-state index in [1.807, 2.05) is 62.4 Å². The van der Waals surface area contributed by atoms with Crippen LogP contribution in [0.1, 0.15) is 35.3 Å². The number of nitrogens with one attached hydrogen (secondary N) is 2. The second-order valence-electron chi connectivity index (χ2n) is 8.14. The molecule has 2 N–H and O–H groups in total. The molecule has 0 fully saturated rings. The standard InChI is InChI=1S/C27H28ClN3O4/c1-18(2)25(30-26(32)21-8-14-23(34-3)15-9-21)27(33)31-29-16-19-6-12-24(13-7-19)35-17-20-4-10-22(28)11-5-20/h4-16,18,25H,17H2,1-3H3,(H,30,32)(H,31,33)/b29-16+. The minimum absolute atomic E-state index is 0.135. The van der Waals surface area contributed by atoms with Crippen LogP contribution in [0.4, 0.5) is 0 Å². The molecule has 182 valence electrons. The van der Waals surface area contributed by atoms with Crippen molar-refractivity contribution in [3.8, 4) is 11.5 Å². The molecule has 0 heterocycles. The number of carbonyl (C=O) groups excluding carboxylic acids is 2. The van der Waals surface area contributed by atoms with E-state index in [2.05, 4.69) is 15.8 Å². The summed E-state index contributed by atoms with van der Waals surface area (Å²) >= 11 is 5.90. The summed E-state index contributed by atoms with van der Waals surface area (Å²) in [4.78, 5) is 25.2. The lowest BCUT2D eigenvalue weighted by Gasteiger charge is -2.20. The molecule has 1 atom stereocenters. The maximum Gasteiger partial charge on any atom is 0.262 e. The molecule has 7 nitrogen and oxygen atoms in total. The van der Waals surface area contributed by atoms with Crippen molar-refractivity contribution in [2.45, 2.75) is 26.5 Å². The minimum Gasteiger partial charge on any atom is -0.497 e. The molecule has 8 heteroatoms. The van der Waals surface area contributed by atoms with Crippen LogP contribution in [-0.4, -0.2) is 31.2 Å². The highest BCUT2D eigenvalue weighted by molar-refractivity contribution is 6.30. The molecule has 0 spiro atoms. The molecule has 3 aromatic carbocycles. The van der Waals surface area contributed by atoms with E-state index >= 15 is 0 Å². The normalized spacial score (nSPS) is 11.8. The molecule has 0 aromatic heterocycles. The first kappa shape index (κ1) is 25.8. The second-order valence-corrected chi connectivity index (χ2v) is 8.58. The van der Waals surface area contributed by atoms with Crippen LogP contribution in [0, 0.1) is 5.92 Å². The SMILES string of the molecule is COc1ccc(C(=O)NC(C(=O)N/N=C/c2ccc(OCc3ccc(Cl)cc3)cc2)C(C)C)cc1. The Morgan fingerprint density at radius 2 is 1.57 bits per heavy atom. The van der Waals surface area contributed by atoms with Crippen molar-refractivity contribution in [2.75, 3.05) is 7.11 Å². The Morgan fingerprint density at radius 3 is 2.17 bits per heavy atom. The van der Waals surface area contributed by atoms with Gasteiger partial charge in [0.2, 0.25) is 0 Å². The molecule has 0 aliphatic heterocycles. The van der Waals surface area contributed by atoms with Crippen LogP contribution in [-0.2, 0) is 11.4 Å². The lowest BCUT2D eigenvalue weighted by molar-refractivity contribution is -0.123. The van der Waals surface area contributed by atoms with Gasteiger partial charge in [-0.05, 0) is 77.7 Å². The van der Waals surface area contributed by atoms with Gasteiger partial charge in [-0.2, -0.15) is 5.10 Å². The van der Waals surface area contributed by atoms with E-state index in [9.17, 15) is 9.59 Å². The summed E-state index contributed by atoms with van der Waals surface area (Å²) in [5.41, 5.74) is 4.74. The number of methoxy groups -OCH3 is 1. The average Bonchev–Trinajstić information content (AvgIpc) is 2.87. The van der Waals surface area contributed by atoms with E-state index in [0.29, 0.717) is 28.7 Å². The molecule has 1 unspecified atom stereocenters. The van der Waals surface area contributed by atoms with E-state index in [1.54, 1.807) is 31.4 Å². The number of ether oxygens (including phenoxy) is 2. The van der Waals surface area contributed by atoms with Gasteiger partial charge in [0.05, 0.1) is 13.3 Å². The first-order chi connectivity index (χ1) is 16.9. The molecule has 2 amide bonds. The number of carbonyl (C=O) groups is 2. The Kier molecular flexibility index (Phi) is 9.26. The zero-order valence-corrected chi connectivity index (χ0v) is 20.6. The highest BCUT2D eigenvalue weighted by atomic mass is 35.5. The highest BCUT2D eigenvalue weighted by Crippen LogP contribution is 2.15. The minimum atomic E-state index is -0.745. The lowest BCUT2D eigenvalue weighted by Crippen LogP contribution is -2.48. The monoisotopic (exact) mass is 493 g/mol. The Labute approximate surface area is 210 Å². The smallest absolute Gasteiger partial charge is 0.262 e. The maximum absolute atomic E-state index is 12.6. The molecule has 0 saturated heterocycles. The van der Waals surface area contributed by atoms with Gasteiger partial charge in [-0.25, -0.2) is 5.43 Å². The van der Waals surface area contributed by atoms with E-state index < -0.39 is 11.9 Å². The Balaban J connectivity index is 1.52. The third kappa shape index (κ3) is 7.86. The van der Waals surface area contributed by atoms with Crippen LogP contribution in [0.3, 0.4) is 0 Å². The second kappa shape index (κ2) is 12.6. The topological polar surface area (TPSA) is 89.0 Å². The Morgan fingerprint density at radius 1 is 0.943 bits per heavy atom. The maximum atomic E-state index is 12.6. The fourth-order valence-electron chi connectivity index (χ4n) is 3.14. The van der Waals surface area contributed by atoms with Gasteiger partial charge in [0.25, 0.3) is 11.8 Å². The fraction of sp³-hybridized carbons (Fsp3) is 0.222. The van der Waals surface area contributed by atoms with Gasteiger partial charge in [-0.15, -0.1) is 0 Å². The molecule has 35 heavy (non-hydrogen) atoms. The van der Waals surface area contributed by atoms with E-state index in [-0.39, 0.29) is 11.8 Å². The predicted molar refractivity (Wildman–Crippen MR) is 137 cm³/mol. The first-order valence-electron chi connectivity index (χ1n) is 11.1. The van der Waals surface area contributed by atoms with Crippen LogP contribution in [0.25, 0.3) is 0 Å². The van der Waals surface area contributed by atoms with Gasteiger partial charge in [0.1, 0.15) is 24.1 Å². The zero-order chi connectivity index (χ0) is 25.2. The third-order valence-corrected chi connectivity index (χ3v) is 5.43. The largest absolute Gasteiger partial charge is 0.497 e. The number of benzene rings is 3. The van der Waals surface area contributed by atoms with Crippen molar-refractivity contribution < 1.29 is 19.1 Å². The van der Waals surface area contributed by atoms with Gasteiger partial charge >= 0.3 is 0 Å². The zero-order valence-electron chi connectivity index (χ0n) is 19.8. The number of nitrogens with zero attached hydrogens (tertiary/aromatic N) is 1.